The van der Waals surface area contributed by atoms with E-state index in [1.165, 1.54) is 13.3 Å². The van der Waals surface area contributed by atoms with Crippen molar-refractivity contribution in [3.63, 3.8) is 0 Å². The molecule has 1 fully saturated rings. The molecule has 1 aromatic heterocycles. The summed E-state index contributed by atoms with van der Waals surface area (Å²) in [5.41, 5.74) is 0.237. The Hall–Kier alpha value is -1.69. The number of methoxy groups -OCH3 is 2. The predicted octanol–water partition coefficient (Wildman–Crippen LogP) is 1.27. The maximum atomic E-state index is 11.5. The van der Waals surface area contributed by atoms with Gasteiger partial charge in [0.05, 0.1) is 25.6 Å². The molecule has 6 nitrogen and oxygen atoms in total. The molecule has 2 rings (SSSR count). The van der Waals surface area contributed by atoms with Gasteiger partial charge < -0.3 is 14.4 Å². The Bertz CT molecular complexity index is 453. The van der Waals surface area contributed by atoms with E-state index in [9.17, 15) is 4.79 Å². The first-order valence-electron chi connectivity index (χ1n) is 6.35. The highest BCUT2D eigenvalue weighted by molar-refractivity contribution is 5.87. The average molecular weight is 265 g/mol. The number of hydrogen-bond donors (Lipinski definition) is 0. The molecule has 19 heavy (non-hydrogen) atoms. The van der Waals surface area contributed by atoms with Gasteiger partial charge in [-0.15, -0.1) is 0 Å². The molecular formula is C13H19N3O3. The van der Waals surface area contributed by atoms with Crippen molar-refractivity contribution in [2.45, 2.75) is 31.9 Å². The molecule has 0 N–H and O–H groups in total. The van der Waals surface area contributed by atoms with Gasteiger partial charge in [0.2, 0.25) is 0 Å². The van der Waals surface area contributed by atoms with Crippen molar-refractivity contribution in [1.82, 2.24) is 9.97 Å². The maximum absolute atomic E-state index is 11.5. The summed E-state index contributed by atoms with van der Waals surface area (Å²) in [5.74, 6) is 0.249. The number of ether oxygens (including phenoxy) is 2. The molecule has 0 aliphatic carbocycles. The molecule has 0 amide bonds. The molecular weight excluding hydrogens is 246 g/mol. The minimum atomic E-state index is -0.464. The van der Waals surface area contributed by atoms with E-state index in [0.717, 1.165) is 19.4 Å². The Kier molecular flexibility index (Phi) is 4.31. The molecule has 104 valence electrons. The predicted molar refractivity (Wildman–Crippen MR) is 70.2 cm³/mol. The van der Waals surface area contributed by atoms with Crippen LogP contribution in [-0.2, 0) is 9.47 Å². The minimum absolute atomic E-state index is 0.237. The average Bonchev–Trinajstić information content (AvgIpc) is 2.46. The summed E-state index contributed by atoms with van der Waals surface area (Å²) in [7, 11) is 3.08. The first-order valence-corrected chi connectivity index (χ1v) is 6.35. The van der Waals surface area contributed by atoms with Crippen molar-refractivity contribution in [2.75, 3.05) is 25.7 Å². The van der Waals surface area contributed by atoms with Crippen molar-refractivity contribution >= 4 is 11.8 Å². The van der Waals surface area contributed by atoms with E-state index < -0.39 is 5.97 Å². The normalized spacial score (nSPS) is 23.2. The largest absolute Gasteiger partial charge is 0.464 e. The summed E-state index contributed by atoms with van der Waals surface area (Å²) in [6, 6.07) is 0.306. The van der Waals surface area contributed by atoms with E-state index in [0.29, 0.717) is 18.0 Å². The quantitative estimate of drug-likeness (QED) is 0.767. The Labute approximate surface area is 112 Å². The van der Waals surface area contributed by atoms with E-state index in [1.807, 2.05) is 0 Å². The topological polar surface area (TPSA) is 64.5 Å². The van der Waals surface area contributed by atoms with E-state index in [2.05, 4.69) is 26.5 Å². The molecule has 1 aliphatic heterocycles. The number of carbonyl (C=O) groups excluding carboxylic acids is 1. The van der Waals surface area contributed by atoms with Crippen molar-refractivity contribution in [2.24, 2.45) is 0 Å². The Morgan fingerprint density at radius 2 is 2.21 bits per heavy atom. The lowest BCUT2D eigenvalue weighted by atomic mass is 10.0. The Morgan fingerprint density at radius 1 is 1.42 bits per heavy atom. The van der Waals surface area contributed by atoms with E-state index >= 15 is 0 Å². The van der Waals surface area contributed by atoms with Crippen LogP contribution in [0, 0.1) is 0 Å². The third kappa shape index (κ3) is 3.01. The van der Waals surface area contributed by atoms with Gasteiger partial charge in [0, 0.05) is 19.7 Å². The van der Waals surface area contributed by atoms with Crippen LogP contribution in [0.4, 0.5) is 5.82 Å². The molecule has 2 heterocycles. The van der Waals surface area contributed by atoms with Crippen LogP contribution in [-0.4, -0.2) is 48.8 Å². The summed E-state index contributed by atoms with van der Waals surface area (Å²) in [5, 5.41) is 0. The van der Waals surface area contributed by atoms with Crippen LogP contribution >= 0.6 is 0 Å². The Balaban J connectivity index is 2.16. The molecule has 0 saturated carbocycles. The lowest BCUT2D eigenvalue weighted by Crippen LogP contribution is -2.43. The molecule has 0 radical (unpaired) electrons. The second kappa shape index (κ2) is 5.97. The lowest BCUT2D eigenvalue weighted by Gasteiger charge is -2.37. The highest BCUT2D eigenvalue weighted by Crippen LogP contribution is 2.24. The molecule has 2 unspecified atom stereocenters. The monoisotopic (exact) mass is 265 g/mol. The molecule has 1 aliphatic rings. The molecule has 1 aromatic rings. The van der Waals surface area contributed by atoms with Gasteiger partial charge in [0.15, 0.2) is 5.69 Å². The van der Waals surface area contributed by atoms with Gasteiger partial charge in [-0.1, -0.05) is 0 Å². The van der Waals surface area contributed by atoms with E-state index in [-0.39, 0.29) is 5.69 Å². The third-order valence-electron chi connectivity index (χ3n) is 3.47. The fourth-order valence-corrected chi connectivity index (χ4v) is 2.38. The number of aromatic nitrogens is 2. The number of esters is 1. The number of anilines is 1. The molecule has 6 heteroatoms. The smallest absolute Gasteiger partial charge is 0.358 e. The summed E-state index contributed by atoms with van der Waals surface area (Å²) in [6.07, 6.45) is 5.28. The van der Waals surface area contributed by atoms with Gasteiger partial charge in [-0.25, -0.2) is 9.78 Å². The van der Waals surface area contributed by atoms with Crippen molar-refractivity contribution in [3.05, 3.63) is 18.1 Å². The lowest BCUT2D eigenvalue weighted by molar-refractivity contribution is 0.0592. The standard InChI is InChI=1S/C13H19N3O3/c1-9-6-10(18-2)4-5-16(9)12-8-14-7-11(15-12)13(17)19-3/h7-10H,4-6H2,1-3H3. The number of piperidine rings is 1. The van der Waals surface area contributed by atoms with E-state index in [1.54, 1.807) is 13.3 Å². The maximum Gasteiger partial charge on any atom is 0.358 e. The van der Waals surface area contributed by atoms with Crippen LogP contribution in [0.3, 0.4) is 0 Å². The Morgan fingerprint density at radius 3 is 2.84 bits per heavy atom. The fourth-order valence-electron chi connectivity index (χ4n) is 2.38. The minimum Gasteiger partial charge on any atom is -0.464 e. The van der Waals surface area contributed by atoms with Crippen LogP contribution in [0.15, 0.2) is 12.4 Å². The van der Waals surface area contributed by atoms with Gasteiger partial charge in [0.1, 0.15) is 5.82 Å². The highest BCUT2D eigenvalue weighted by Gasteiger charge is 2.26. The van der Waals surface area contributed by atoms with Crippen LogP contribution in [0.2, 0.25) is 0 Å². The molecule has 0 spiro atoms. The van der Waals surface area contributed by atoms with Gasteiger partial charge in [-0.2, -0.15) is 0 Å². The van der Waals surface area contributed by atoms with Crippen LogP contribution < -0.4 is 4.90 Å². The first kappa shape index (κ1) is 13.7. The molecule has 2 atom stereocenters. The van der Waals surface area contributed by atoms with Crippen molar-refractivity contribution in [1.29, 1.82) is 0 Å². The van der Waals surface area contributed by atoms with Crippen LogP contribution in [0.1, 0.15) is 30.3 Å². The number of carbonyl (C=O) groups is 1. The zero-order chi connectivity index (χ0) is 13.8. The van der Waals surface area contributed by atoms with Crippen LogP contribution in [0.25, 0.3) is 0 Å². The fraction of sp³-hybridized carbons (Fsp3) is 0.615. The van der Waals surface area contributed by atoms with Gasteiger partial charge in [-0.05, 0) is 19.8 Å². The molecule has 0 bridgehead atoms. The second-order valence-electron chi connectivity index (χ2n) is 4.68. The molecule has 0 aromatic carbocycles. The number of rotatable bonds is 3. The number of nitrogens with zero attached hydrogens (tertiary/aromatic N) is 3. The van der Waals surface area contributed by atoms with Crippen molar-refractivity contribution < 1.29 is 14.3 Å². The third-order valence-corrected chi connectivity index (χ3v) is 3.47. The summed E-state index contributed by atoms with van der Waals surface area (Å²) < 4.78 is 10.0. The van der Waals surface area contributed by atoms with Gasteiger partial charge in [-0.3, -0.25) is 4.98 Å². The second-order valence-corrected chi connectivity index (χ2v) is 4.68. The summed E-state index contributed by atoms with van der Waals surface area (Å²) in [6.45, 7) is 2.97. The van der Waals surface area contributed by atoms with E-state index in [4.69, 9.17) is 4.74 Å². The first-order chi connectivity index (χ1) is 9.15. The summed E-state index contributed by atoms with van der Waals surface area (Å²) >= 11 is 0. The number of hydrogen-bond acceptors (Lipinski definition) is 6. The zero-order valence-corrected chi connectivity index (χ0v) is 11.5. The van der Waals surface area contributed by atoms with Gasteiger partial charge in [0.25, 0.3) is 0 Å². The summed E-state index contributed by atoms with van der Waals surface area (Å²) in [4.78, 5) is 22.0. The highest BCUT2D eigenvalue weighted by atomic mass is 16.5. The molecule has 1 saturated heterocycles. The van der Waals surface area contributed by atoms with Crippen molar-refractivity contribution in [3.8, 4) is 0 Å². The van der Waals surface area contributed by atoms with Gasteiger partial charge >= 0.3 is 5.97 Å². The van der Waals surface area contributed by atoms with Crippen LogP contribution in [0.5, 0.6) is 0 Å². The SMILES string of the molecule is COC(=O)c1cncc(N2CCC(OC)CC2C)n1. The zero-order valence-electron chi connectivity index (χ0n) is 11.5.